The quantitative estimate of drug-likeness (QED) is 0.852. The Morgan fingerprint density at radius 3 is 2.55 bits per heavy atom. The van der Waals surface area contributed by atoms with Gasteiger partial charge < -0.3 is 10.1 Å². The van der Waals surface area contributed by atoms with Crippen molar-refractivity contribution in [3.8, 4) is 5.75 Å². The Balaban J connectivity index is 2.32. The van der Waals surface area contributed by atoms with E-state index in [0.717, 1.165) is 10.8 Å². The van der Waals surface area contributed by atoms with E-state index >= 15 is 0 Å². The number of halogens is 1. The lowest BCUT2D eigenvalue weighted by molar-refractivity contribution is -0.0760. The summed E-state index contributed by atoms with van der Waals surface area (Å²) < 4.78 is 5.09. The van der Waals surface area contributed by atoms with E-state index in [-0.39, 0.29) is 16.7 Å². The van der Waals surface area contributed by atoms with Gasteiger partial charge in [0.2, 0.25) is 0 Å². The van der Waals surface area contributed by atoms with Gasteiger partial charge in [0.15, 0.2) is 11.5 Å². The minimum Gasteiger partial charge on any atom is -0.497 e. The SMILES string of the molecule is COc1ccc(Nc2nc(Cl)cnc2C(=O)N(C)OC)cc1. The number of carbonyl (C=O) groups excluding carboxylic acids is 1. The number of amides is 1. The van der Waals surface area contributed by atoms with Gasteiger partial charge in [0.05, 0.1) is 20.4 Å². The summed E-state index contributed by atoms with van der Waals surface area (Å²) in [5.74, 6) is 0.521. The molecule has 0 spiro atoms. The lowest BCUT2D eigenvalue weighted by Crippen LogP contribution is -2.27. The first-order valence-electron chi connectivity index (χ1n) is 6.31. The molecule has 0 saturated carbocycles. The second kappa shape index (κ2) is 7.06. The molecule has 0 fully saturated rings. The third-order valence-electron chi connectivity index (χ3n) is 2.86. The number of hydrogen-bond acceptors (Lipinski definition) is 6. The molecule has 116 valence electrons. The molecule has 0 bridgehead atoms. The number of aromatic nitrogens is 2. The normalized spacial score (nSPS) is 10.2. The van der Waals surface area contributed by atoms with Crippen molar-refractivity contribution in [2.45, 2.75) is 0 Å². The maximum absolute atomic E-state index is 12.2. The van der Waals surface area contributed by atoms with Gasteiger partial charge in [0.25, 0.3) is 5.91 Å². The first kappa shape index (κ1) is 16.0. The molecule has 1 amide bonds. The highest BCUT2D eigenvalue weighted by atomic mass is 35.5. The van der Waals surface area contributed by atoms with Crippen LogP contribution in [0.15, 0.2) is 30.5 Å². The Morgan fingerprint density at radius 1 is 1.27 bits per heavy atom. The van der Waals surface area contributed by atoms with Gasteiger partial charge in [-0.3, -0.25) is 9.63 Å². The van der Waals surface area contributed by atoms with Crippen LogP contribution in [0.1, 0.15) is 10.5 Å². The first-order chi connectivity index (χ1) is 10.5. The Labute approximate surface area is 132 Å². The summed E-state index contributed by atoms with van der Waals surface area (Å²) in [4.78, 5) is 25.2. The lowest BCUT2D eigenvalue weighted by Gasteiger charge is -2.15. The van der Waals surface area contributed by atoms with Gasteiger partial charge in [-0.05, 0) is 24.3 Å². The molecular formula is C14H15ClN4O3. The number of benzene rings is 1. The smallest absolute Gasteiger partial charge is 0.299 e. The van der Waals surface area contributed by atoms with Gasteiger partial charge in [0.1, 0.15) is 10.9 Å². The zero-order valence-corrected chi connectivity index (χ0v) is 13.1. The maximum atomic E-state index is 12.2. The van der Waals surface area contributed by atoms with Crippen molar-refractivity contribution in [1.82, 2.24) is 15.0 Å². The molecule has 0 aliphatic carbocycles. The summed E-state index contributed by atoms with van der Waals surface area (Å²) in [5, 5.41) is 4.23. The number of methoxy groups -OCH3 is 1. The molecule has 1 aromatic carbocycles. The molecule has 1 N–H and O–H groups in total. The van der Waals surface area contributed by atoms with E-state index in [2.05, 4.69) is 15.3 Å². The third-order valence-corrected chi connectivity index (χ3v) is 3.04. The monoisotopic (exact) mass is 322 g/mol. The molecule has 0 aliphatic heterocycles. The van der Waals surface area contributed by atoms with E-state index in [1.807, 2.05) is 0 Å². The van der Waals surface area contributed by atoms with Crippen LogP contribution >= 0.6 is 11.6 Å². The van der Waals surface area contributed by atoms with Crippen molar-refractivity contribution < 1.29 is 14.4 Å². The molecule has 7 nitrogen and oxygen atoms in total. The highest BCUT2D eigenvalue weighted by molar-refractivity contribution is 6.29. The highest BCUT2D eigenvalue weighted by Gasteiger charge is 2.19. The van der Waals surface area contributed by atoms with Gasteiger partial charge >= 0.3 is 0 Å². The zero-order valence-electron chi connectivity index (χ0n) is 12.3. The van der Waals surface area contributed by atoms with E-state index in [0.29, 0.717) is 5.69 Å². The molecule has 0 unspecified atom stereocenters. The average Bonchev–Trinajstić information content (AvgIpc) is 2.54. The van der Waals surface area contributed by atoms with Crippen LogP contribution in [0.4, 0.5) is 11.5 Å². The van der Waals surface area contributed by atoms with Crippen molar-refractivity contribution in [2.75, 3.05) is 26.6 Å². The molecule has 2 aromatic rings. The Kier molecular flexibility index (Phi) is 5.13. The molecule has 2 rings (SSSR count). The van der Waals surface area contributed by atoms with Crippen molar-refractivity contribution in [3.63, 3.8) is 0 Å². The fourth-order valence-corrected chi connectivity index (χ4v) is 1.79. The summed E-state index contributed by atoms with van der Waals surface area (Å²) in [7, 11) is 4.45. The first-order valence-corrected chi connectivity index (χ1v) is 6.68. The van der Waals surface area contributed by atoms with Gasteiger partial charge in [-0.25, -0.2) is 15.0 Å². The van der Waals surface area contributed by atoms with Crippen molar-refractivity contribution >= 4 is 29.0 Å². The number of carbonyl (C=O) groups is 1. The van der Waals surface area contributed by atoms with Crippen molar-refractivity contribution in [2.24, 2.45) is 0 Å². The number of hydroxylamine groups is 2. The fraction of sp³-hybridized carbons (Fsp3) is 0.214. The van der Waals surface area contributed by atoms with Crippen LogP contribution in [0.5, 0.6) is 5.75 Å². The number of hydrogen-bond donors (Lipinski definition) is 1. The molecule has 1 aromatic heterocycles. The van der Waals surface area contributed by atoms with Crippen LogP contribution in [0, 0.1) is 0 Å². The van der Waals surface area contributed by atoms with Crippen LogP contribution in [0.2, 0.25) is 5.15 Å². The van der Waals surface area contributed by atoms with E-state index in [1.54, 1.807) is 31.4 Å². The third kappa shape index (κ3) is 3.63. The molecule has 0 aliphatic rings. The second-order valence-corrected chi connectivity index (χ2v) is 4.62. The molecule has 8 heteroatoms. The number of rotatable bonds is 5. The Hall–Kier alpha value is -2.38. The van der Waals surface area contributed by atoms with E-state index in [9.17, 15) is 4.79 Å². The Morgan fingerprint density at radius 2 is 1.95 bits per heavy atom. The van der Waals surface area contributed by atoms with Crippen LogP contribution in [-0.2, 0) is 4.84 Å². The average molecular weight is 323 g/mol. The molecule has 0 atom stereocenters. The van der Waals surface area contributed by atoms with E-state index in [4.69, 9.17) is 21.2 Å². The minimum absolute atomic E-state index is 0.101. The van der Waals surface area contributed by atoms with Crippen LogP contribution in [0.25, 0.3) is 0 Å². The summed E-state index contributed by atoms with van der Waals surface area (Å²) >= 11 is 5.86. The van der Waals surface area contributed by atoms with E-state index < -0.39 is 5.91 Å². The predicted octanol–water partition coefficient (Wildman–Crippen LogP) is 2.52. The van der Waals surface area contributed by atoms with Crippen LogP contribution in [0.3, 0.4) is 0 Å². The summed E-state index contributed by atoms with van der Waals surface area (Å²) in [6.07, 6.45) is 1.30. The largest absolute Gasteiger partial charge is 0.497 e. The minimum atomic E-state index is -0.442. The molecular weight excluding hydrogens is 308 g/mol. The topological polar surface area (TPSA) is 76.6 Å². The van der Waals surface area contributed by atoms with Crippen molar-refractivity contribution in [3.05, 3.63) is 41.3 Å². The standard InChI is InChI=1S/C14H15ClN4O3/c1-19(22-3)14(20)12-13(18-11(15)8-16-12)17-9-4-6-10(21-2)7-5-9/h4-8H,1-3H3,(H,17,18). The highest BCUT2D eigenvalue weighted by Crippen LogP contribution is 2.22. The number of anilines is 2. The van der Waals surface area contributed by atoms with Crippen LogP contribution in [-0.4, -0.2) is 42.2 Å². The number of ether oxygens (including phenoxy) is 1. The number of nitrogens with zero attached hydrogens (tertiary/aromatic N) is 3. The van der Waals surface area contributed by atoms with Crippen molar-refractivity contribution in [1.29, 1.82) is 0 Å². The Bertz CT molecular complexity index is 664. The van der Waals surface area contributed by atoms with Gasteiger partial charge in [-0.15, -0.1) is 0 Å². The summed E-state index contributed by atoms with van der Waals surface area (Å²) in [6, 6.07) is 7.14. The maximum Gasteiger partial charge on any atom is 0.299 e. The summed E-state index contributed by atoms with van der Waals surface area (Å²) in [5.41, 5.74) is 0.816. The van der Waals surface area contributed by atoms with Gasteiger partial charge in [-0.2, -0.15) is 0 Å². The predicted molar refractivity (Wildman–Crippen MR) is 82.4 cm³/mol. The van der Waals surface area contributed by atoms with Gasteiger partial charge in [0, 0.05) is 12.7 Å². The fourth-order valence-electron chi connectivity index (χ4n) is 1.65. The molecule has 0 radical (unpaired) electrons. The van der Waals surface area contributed by atoms with Gasteiger partial charge in [-0.1, -0.05) is 11.6 Å². The molecule has 0 saturated heterocycles. The lowest BCUT2D eigenvalue weighted by atomic mass is 10.3. The molecule has 1 heterocycles. The molecule has 22 heavy (non-hydrogen) atoms. The van der Waals surface area contributed by atoms with E-state index in [1.165, 1.54) is 20.4 Å². The number of nitrogens with one attached hydrogen (secondary N) is 1. The zero-order chi connectivity index (χ0) is 16.1. The second-order valence-electron chi connectivity index (χ2n) is 4.23. The summed E-state index contributed by atoms with van der Waals surface area (Å²) in [6.45, 7) is 0. The van der Waals surface area contributed by atoms with Crippen LogP contribution < -0.4 is 10.1 Å².